The molecule has 2 rings (SSSR count). The Labute approximate surface area is 126 Å². The molecule has 120 valence electrons. The van der Waals surface area contributed by atoms with Crippen LogP contribution in [0.2, 0.25) is 0 Å². The van der Waals surface area contributed by atoms with E-state index >= 15 is 0 Å². The van der Waals surface area contributed by atoms with Crippen molar-refractivity contribution >= 4 is 11.9 Å². The van der Waals surface area contributed by atoms with Gasteiger partial charge in [0, 0.05) is 26.7 Å². The Balaban J connectivity index is 1.87. The molecule has 0 bridgehead atoms. The smallest absolute Gasteiger partial charge is 0.310 e. The van der Waals surface area contributed by atoms with Gasteiger partial charge < -0.3 is 20.1 Å². The van der Waals surface area contributed by atoms with E-state index in [9.17, 15) is 9.90 Å². The Kier molecular flexibility index (Phi) is 5.45. The van der Waals surface area contributed by atoms with Crippen LogP contribution < -0.4 is 5.32 Å². The van der Waals surface area contributed by atoms with Crippen molar-refractivity contribution in [1.29, 1.82) is 0 Å². The highest BCUT2D eigenvalue weighted by atomic mass is 16.5. The maximum Gasteiger partial charge on any atom is 0.310 e. The van der Waals surface area contributed by atoms with Gasteiger partial charge in [-0.15, -0.1) is 0 Å². The standard InChI is InChI=1S/C15H27N3O3/c1-3-21-13(19)12-6-4-9-18(10-12)14(16-2)17-11-15(20)7-5-8-15/h12,20H,3-11H2,1-2H3,(H,16,17). The molecule has 1 aliphatic heterocycles. The minimum Gasteiger partial charge on any atom is -0.466 e. The zero-order valence-electron chi connectivity index (χ0n) is 13.1. The average Bonchev–Trinajstić information content (AvgIpc) is 2.46. The minimum absolute atomic E-state index is 0.0796. The van der Waals surface area contributed by atoms with Crippen molar-refractivity contribution < 1.29 is 14.6 Å². The molecule has 0 aromatic rings. The quantitative estimate of drug-likeness (QED) is 0.455. The molecular weight excluding hydrogens is 270 g/mol. The third kappa shape index (κ3) is 4.09. The normalized spacial score (nSPS) is 25.2. The summed E-state index contributed by atoms with van der Waals surface area (Å²) in [6.07, 6.45) is 4.61. The molecule has 1 heterocycles. The van der Waals surface area contributed by atoms with E-state index in [2.05, 4.69) is 15.2 Å². The molecular formula is C15H27N3O3. The maximum absolute atomic E-state index is 11.9. The molecule has 1 atom stereocenters. The van der Waals surface area contributed by atoms with Crippen LogP contribution in [0, 0.1) is 5.92 Å². The fraction of sp³-hybridized carbons (Fsp3) is 0.867. The molecule has 0 spiro atoms. The number of aliphatic imine (C=N–C) groups is 1. The van der Waals surface area contributed by atoms with E-state index in [1.54, 1.807) is 7.05 Å². The first-order chi connectivity index (χ1) is 10.1. The van der Waals surface area contributed by atoms with Crippen LogP contribution in [-0.2, 0) is 9.53 Å². The third-order valence-corrected chi connectivity index (χ3v) is 4.41. The number of nitrogens with one attached hydrogen (secondary N) is 1. The van der Waals surface area contributed by atoms with Gasteiger partial charge in [-0.3, -0.25) is 9.79 Å². The van der Waals surface area contributed by atoms with Crippen LogP contribution in [0.5, 0.6) is 0 Å². The number of likely N-dealkylation sites (tertiary alicyclic amines) is 1. The molecule has 0 aromatic heterocycles. The number of carbonyl (C=O) groups excluding carboxylic acids is 1. The van der Waals surface area contributed by atoms with Crippen molar-refractivity contribution in [2.45, 2.75) is 44.6 Å². The first-order valence-electron chi connectivity index (χ1n) is 7.92. The summed E-state index contributed by atoms with van der Waals surface area (Å²) in [5, 5.41) is 13.4. The van der Waals surface area contributed by atoms with Crippen LogP contribution in [0.3, 0.4) is 0 Å². The summed E-state index contributed by atoms with van der Waals surface area (Å²) in [4.78, 5) is 18.2. The van der Waals surface area contributed by atoms with E-state index in [4.69, 9.17) is 4.74 Å². The first-order valence-corrected chi connectivity index (χ1v) is 7.92. The number of hydrogen-bond acceptors (Lipinski definition) is 4. The van der Waals surface area contributed by atoms with Gasteiger partial charge in [-0.25, -0.2) is 0 Å². The average molecular weight is 297 g/mol. The molecule has 2 N–H and O–H groups in total. The summed E-state index contributed by atoms with van der Waals surface area (Å²) in [6.45, 7) is 4.30. The fourth-order valence-electron chi connectivity index (χ4n) is 2.96. The van der Waals surface area contributed by atoms with Crippen molar-refractivity contribution in [1.82, 2.24) is 10.2 Å². The van der Waals surface area contributed by atoms with Gasteiger partial charge in [0.1, 0.15) is 0 Å². The van der Waals surface area contributed by atoms with Gasteiger partial charge in [0.2, 0.25) is 0 Å². The van der Waals surface area contributed by atoms with Crippen molar-refractivity contribution in [2.75, 3.05) is 33.3 Å². The SMILES string of the molecule is CCOC(=O)C1CCCN(C(=NC)NCC2(O)CCC2)C1. The third-order valence-electron chi connectivity index (χ3n) is 4.41. The Hall–Kier alpha value is -1.30. The Bertz CT molecular complexity index is 394. The van der Waals surface area contributed by atoms with Crippen molar-refractivity contribution in [3.63, 3.8) is 0 Å². The number of hydrogen-bond donors (Lipinski definition) is 2. The predicted octanol–water partition coefficient (Wildman–Crippen LogP) is 0.752. The molecule has 6 heteroatoms. The molecule has 1 saturated carbocycles. The lowest BCUT2D eigenvalue weighted by atomic mass is 9.80. The van der Waals surface area contributed by atoms with Crippen molar-refractivity contribution in [3.05, 3.63) is 0 Å². The van der Waals surface area contributed by atoms with Crippen LogP contribution in [-0.4, -0.2) is 60.8 Å². The molecule has 6 nitrogen and oxygen atoms in total. The Morgan fingerprint density at radius 1 is 1.48 bits per heavy atom. The summed E-state index contributed by atoms with van der Waals surface area (Å²) in [7, 11) is 1.74. The lowest BCUT2D eigenvalue weighted by Crippen LogP contribution is -2.53. The Morgan fingerprint density at radius 3 is 2.81 bits per heavy atom. The van der Waals surface area contributed by atoms with E-state index in [-0.39, 0.29) is 11.9 Å². The second-order valence-corrected chi connectivity index (χ2v) is 6.02. The Morgan fingerprint density at radius 2 is 2.24 bits per heavy atom. The summed E-state index contributed by atoms with van der Waals surface area (Å²) >= 11 is 0. The van der Waals surface area contributed by atoms with Crippen LogP contribution in [0.1, 0.15) is 39.0 Å². The summed E-state index contributed by atoms with van der Waals surface area (Å²) in [6, 6.07) is 0. The predicted molar refractivity (Wildman–Crippen MR) is 81.1 cm³/mol. The van der Waals surface area contributed by atoms with E-state index in [1.165, 1.54) is 0 Å². The number of rotatable bonds is 4. The van der Waals surface area contributed by atoms with Gasteiger partial charge in [-0.1, -0.05) is 0 Å². The number of esters is 1. The van der Waals surface area contributed by atoms with Gasteiger partial charge in [-0.2, -0.15) is 0 Å². The lowest BCUT2D eigenvalue weighted by molar-refractivity contribution is -0.149. The number of nitrogens with zero attached hydrogens (tertiary/aromatic N) is 2. The zero-order chi connectivity index (χ0) is 15.3. The first kappa shape index (κ1) is 16.1. The molecule has 0 radical (unpaired) electrons. The van der Waals surface area contributed by atoms with Crippen LogP contribution in [0.4, 0.5) is 0 Å². The van der Waals surface area contributed by atoms with Gasteiger partial charge in [0.25, 0.3) is 0 Å². The van der Waals surface area contributed by atoms with Crippen molar-refractivity contribution in [2.24, 2.45) is 10.9 Å². The monoisotopic (exact) mass is 297 g/mol. The lowest BCUT2D eigenvalue weighted by Gasteiger charge is -2.39. The van der Waals surface area contributed by atoms with E-state index < -0.39 is 5.60 Å². The summed E-state index contributed by atoms with van der Waals surface area (Å²) in [5.41, 5.74) is -0.577. The molecule has 1 saturated heterocycles. The van der Waals surface area contributed by atoms with Gasteiger partial charge >= 0.3 is 5.97 Å². The number of carbonyl (C=O) groups is 1. The molecule has 1 unspecified atom stereocenters. The van der Waals surface area contributed by atoms with Crippen molar-refractivity contribution in [3.8, 4) is 0 Å². The highest BCUT2D eigenvalue weighted by Crippen LogP contribution is 2.30. The largest absolute Gasteiger partial charge is 0.466 e. The highest BCUT2D eigenvalue weighted by molar-refractivity contribution is 5.81. The highest BCUT2D eigenvalue weighted by Gasteiger charge is 2.35. The molecule has 21 heavy (non-hydrogen) atoms. The summed E-state index contributed by atoms with van der Waals surface area (Å²) < 4.78 is 5.12. The van der Waals surface area contributed by atoms with Crippen LogP contribution in [0.25, 0.3) is 0 Å². The molecule has 1 aliphatic carbocycles. The summed E-state index contributed by atoms with van der Waals surface area (Å²) in [5.74, 6) is 0.573. The number of piperidine rings is 1. The van der Waals surface area contributed by atoms with Gasteiger partial charge in [-0.05, 0) is 39.0 Å². The maximum atomic E-state index is 11.9. The van der Waals surface area contributed by atoms with Crippen LogP contribution >= 0.6 is 0 Å². The molecule has 2 aliphatic rings. The zero-order valence-corrected chi connectivity index (χ0v) is 13.1. The number of aliphatic hydroxyl groups is 1. The minimum atomic E-state index is -0.577. The van der Waals surface area contributed by atoms with E-state index in [1.807, 2.05) is 6.92 Å². The second kappa shape index (κ2) is 7.11. The molecule has 0 amide bonds. The second-order valence-electron chi connectivity index (χ2n) is 6.02. The number of guanidine groups is 1. The van der Waals surface area contributed by atoms with E-state index in [0.29, 0.717) is 19.7 Å². The molecule has 2 fully saturated rings. The van der Waals surface area contributed by atoms with Gasteiger partial charge in [0.15, 0.2) is 5.96 Å². The number of ether oxygens (including phenoxy) is 1. The molecule has 0 aromatic carbocycles. The topological polar surface area (TPSA) is 74.2 Å². The van der Waals surface area contributed by atoms with Crippen LogP contribution in [0.15, 0.2) is 4.99 Å². The van der Waals surface area contributed by atoms with Gasteiger partial charge in [0.05, 0.1) is 18.1 Å². The van der Waals surface area contributed by atoms with E-state index in [0.717, 1.165) is 44.6 Å². The fourth-order valence-corrected chi connectivity index (χ4v) is 2.96.